The number of hydrogen-bond donors (Lipinski definition) is 0. The normalized spacial score (nSPS) is 19.9. The summed E-state index contributed by atoms with van der Waals surface area (Å²) in [5.41, 5.74) is 14.4. The van der Waals surface area contributed by atoms with Crippen molar-refractivity contribution in [3.63, 3.8) is 0 Å². The van der Waals surface area contributed by atoms with Gasteiger partial charge >= 0.3 is 0 Å². The number of methoxy groups -OCH3 is 4. The third kappa shape index (κ3) is 3.47. The van der Waals surface area contributed by atoms with Crippen molar-refractivity contribution in [2.45, 2.75) is 38.5 Å². The van der Waals surface area contributed by atoms with Gasteiger partial charge in [-0.1, -0.05) is 48.5 Å². The Morgan fingerprint density at radius 3 is 1.00 bits per heavy atom. The van der Waals surface area contributed by atoms with Crippen LogP contribution in [0, 0.1) is 10.8 Å². The molecular formula is C38H36O4. The van der Waals surface area contributed by atoms with Crippen LogP contribution in [0.1, 0.15) is 44.5 Å². The predicted octanol–water partition coefficient (Wildman–Crippen LogP) is 7.31. The molecule has 0 atom stereocenters. The molecule has 4 nitrogen and oxygen atoms in total. The number of benzene rings is 4. The molecule has 4 heteroatoms. The molecule has 212 valence electrons. The summed E-state index contributed by atoms with van der Waals surface area (Å²) < 4.78 is 23.0. The third-order valence-corrected chi connectivity index (χ3v) is 10.5. The van der Waals surface area contributed by atoms with Gasteiger partial charge in [0.25, 0.3) is 0 Å². The second kappa shape index (κ2) is 9.16. The molecule has 0 N–H and O–H groups in total. The van der Waals surface area contributed by atoms with Gasteiger partial charge in [-0.25, -0.2) is 0 Å². The molecule has 0 fully saturated rings. The maximum Gasteiger partial charge on any atom is 0.161 e. The van der Waals surface area contributed by atoms with Gasteiger partial charge in [0.05, 0.1) is 28.4 Å². The van der Waals surface area contributed by atoms with E-state index >= 15 is 0 Å². The highest BCUT2D eigenvalue weighted by Crippen LogP contribution is 2.64. The van der Waals surface area contributed by atoms with Gasteiger partial charge in [0.2, 0.25) is 0 Å². The van der Waals surface area contributed by atoms with E-state index in [2.05, 4.69) is 72.8 Å². The van der Waals surface area contributed by atoms with Gasteiger partial charge in [-0.15, -0.1) is 0 Å². The Morgan fingerprint density at radius 2 is 0.690 bits per heavy atom. The van der Waals surface area contributed by atoms with Gasteiger partial charge < -0.3 is 18.9 Å². The first kappa shape index (κ1) is 25.5. The maximum absolute atomic E-state index is 5.74. The summed E-state index contributed by atoms with van der Waals surface area (Å²) in [7, 11) is 6.92. The molecule has 2 spiro atoms. The molecule has 0 bridgehead atoms. The standard InChI is InChI=1S/C38H36O4/c1-39-31-13-25-19-37(20-26(25)14-32(31)40-2)17-23-9-5-7-11-29(23)35(37)36-30-12-8-6-10-24(30)18-38(36)21-27-15-33(41-3)34(42-4)16-28(27)22-38/h5-16H,17-22H2,1-4H3/b36-35-. The zero-order valence-corrected chi connectivity index (χ0v) is 24.8. The van der Waals surface area contributed by atoms with Crippen LogP contribution >= 0.6 is 0 Å². The molecule has 0 aliphatic heterocycles. The zero-order chi connectivity index (χ0) is 28.6. The lowest BCUT2D eigenvalue weighted by atomic mass is 9.68. The van der Waals surface area contributed by atoms with Crippen LogP contribution < -0.4 is 18.9 Å². The summed E-state index contributed by atoms with van der Waals surface area (Å²) in [4.78, 5) is 0. The molecule has 4 aromatic carbocycles. The van der Waals surface area contributed by atoms with Crippen LogP contribution in [0.25, 0.3) is 11.1 Å². The van der Waals surface area contributed by atoms with E-state index in [0.717, 1.165) is 61.5 Å². The van der Waals surface area contributed by atoms with Crippen molar-refractivity contribution in [2.24, 2.45) is 10.8 Å². The lowest BCUT2D eigenvalue weighted by Gasteiger charge is -2.34. The fourth-order valence-electron chi connectivity index (χ4n) is 8.89. The molecule has 0 saturated heterocycles. The fraction of sp³-hybridized carbons (Fsp3) is 0.316. The highest BCUT2D eigenvalue weighted by atomic mass is 16.5. The third-order valence-electron chi connectivity index (χ3n) is 10.5. The molecule has 8 rings (SSSR count). The molecule has 0 unspecified atom stereocenters. The highest BCUT2D eigenvalue weighted by Gasteiger charge is 2.54. The second-order valence-corrected chi connectivity index (χ2v) is 12.6. The van der Waals surface area contributed by atoms with E-state index in [0.29, 0.717) is 0 Å². The van der Waals surface area contributed by atoms with E-state index in [1.54, 1.807) is 39.6 Å². The molecule has 0 saturated carbocycles. The molecule has 0 radical (unpaired) electrons. The summed E-state index contributed by atoms with van der Waals surface area (Å²) >= 11 is 0. The predicted molar refractivity (Wildman–Crippen MR) is 166 cm³/mol. The average Bonchev–Trinajstić information content (AvgIpc) is 3.73. The van der Waals surface area contributed by atoms with Crippen LogP contribution in [-0.2, 0) is 38.5 Å². The largest absolute Gasteiger partial charge is 0.493 e. The van der Waals surface area contributed by atoms with E-state index in [9.17, 15) is 0 Å². The Labute approximate surface area is 247 Å². The van der Waals surface area contributed by atoms with E-state index in [1.807, 2.05) is 0 Å². The summed E-state index contributed by atoms with van der Waals surface area (Å²) in [6, 6.07) is 27.2. The van der Waals surface area contributed by atoms with Gasteiger partial charge in [-0.2, -0.15) is 0 Å². The number of fused-ring (bicyclic) bond motifs is 4. The van der Waals surface area contributed by atoms with Gasteiger partial charge in [-0.3, -0.25) is 0 Å². The van der Waals surface area contributed by atoms with Crippen molar-refractivity contribution in [3.8, 4) is 23.0 Å². The van der Waals surface area contributed by atoms with E-state index < -0.39 is 0 Å². The van der Waals surface area contributed by atoms with E-state index in [-0.39, 0.29) is 10.8 Å². The molecule has 0 amide bonds. The summed E-state index contributed by atoms with van der Waals surface area (Å²) in [5.74, 6) is 3.26. The smallest absolute Gasteiger partial charge is 0.161 e. The van der Waals surface area contributed by atoms with Gasteiger partial charge in [0.15, 0.2) is 23.0 Å². The van der Waals surface area contributed by atoms with Gasteiger partial charge in [-0.05, 0) is 118 Å². The number of rotatable bonds is 4. The van der Waals surface area contributed by atoms with Crippen molar-refractivity contribution >= 4 is 11.1 Å². The van der Waals surface area contributed by atoms with Crippen LogP contribution in [-0.4, -0.2) is 28.4 Å². The lowest BCUT2D eigenvalue weighted by molar-refractivity contribution is 0.354. The Hall–Kier alpha value is -4.18. The summed E-state index contributed by atoms with van der Waals surface area (Å²) in [5, 5.41) is 0. The Kier molecular flexibility index (Phi) is 5.57. The van der Waals surface area contributed by atoms with Crippen LogP contribution in [0.4, 0.5) is 0 Å². The van der Waals surface area contributed by atoms with Crippen molar-refractivity contribution in [3.05, 3.63) is 117 Å². The minimum Gasteiger partial charge on any atom is -0.493 e. The topological polar surface area (TPSA) is 36.9 Å². The van der Waals surface area contributed by atoms with Gasteiger partial charge in [0.1, 0.15) is 0 Å². The second-order valence-electron chi connectivity index (χ2n) is 12.6. The van der Waals surface area contributed by atoms with Crippen molar-refractivity contribution in [2.75, 3.05) is 28.4 Å². The first-order chi connectivity index (χ1) is 20.5. The SMILES string of the molecule is COc1cc2c(cc1OC)CC1(C2)Cc2ccccc2/C1=C1\c2ccccc2CC12Cc1cc(OC)c(OC)cc1C2. The maximum atomic E-state index is 5.74. The zero-order valence-electron chi connectivity index (χ0n) is 24.8. The quantitative estimate of drug-likeness (QED) is 0.264. The Morgan fingerprint density at radius 1 is 0.405 bits per heavy atom. The number of ether oxygens (including phenoxy) is 4. The first-order valence-corrected chi connectivity index (χ1v) is 14.9. The van der Waals surface area contributed by atoms with Crippen LogP contribution in [0.15, 0.2) is 72.8 Å². The fourth-order valence-corrected chi connectivity index (χ4v) is 8.89. The van der Waals surface area contributed by atoms with Crippen LogP contribution in [0.3, 0.4) is 0 Å². The molecule has 0 aromatic heterocycles. The van der Waals surface area contributed by atoms with Crippen molar-refractivity contribution in [1.82, 2.24) is 0 Å². The van der Waals surface area contributed by atoms with E-state index in [1.165, 1.54) is 44.5 Å². The summed E-state index contributed by atoms with van der Waals surface area (Å²) in [6.07, 6.45) is 6.11. The van der Waals surface area contributed by atoms with Crippen LogP contribution in [0.2, 0.25) is 0 Å². The molecule has 0 heterocycles. The lowest BCUT2D eigenvalue weighted by Crippen LogP contribution is -2.27. The molecule has 42 heavy (non-hydrogen) atoms. The molecule has 4 aromatic rings. The monoisotopic (exact) mass is 556 g/mol. The Balaban J connectivity index is 1.36. The first-order valence-electron chi connectivity index (χ1n) is 14.9. The Bertz CT molecular complexity index is 1600. The average molecular weight is 557 g/mol. The highest BCUT2D eigenvalue weighted by molar-refractivity contribution is 6.01. The van der Waals surface area contributed by atoms with Gasteiger partial charge in [0, 0.05) is 10.8 Å². The van der Waals surface area contributed by atoms with Crippen molar-refractivity contribution in [1.29, 1.82) is 0 Å². The minimum atomic E-state index is -0.00661. The van der Waals surface area contributed by atoms with Crippen molar-refractivity contribution < 1.29 is 18.9 Å². The number of hydrogen-bond acceptors (Lipinski definition) is 4. The van der Waals surface area contributed by atoms with Crippen LogP contribution in [0.5, 0.6) is 23.0 Å². The van der Waals surface area contributed by atoms with E-state index in [4.69, 9.17) is 18.9 Å². The minimum absolute atomic E-state index is 0.00661. The number of allylic oxidation sites excluding steroid dienone is 2. The summed E-state index contributed by atoms with van der Waals surface area (Å²) in [6.45, 7) is 0. The molecule has 4 aliphatic carbocycles. The molecule has 4 aliphatic rings. The molecular weight excluding hydrogens is 520 g/mol.